The Kier molecular flexibility index (Phi) is 3.23. The van der Waals surface area contributed by atoms with Crippen molar-refractivity contribution in [2.75, 3.05) is 0 Å². The molecule has 1 unspecified atom stereocenters. The Morgan fingerprint density at radius 1 is 1.37 bits per heavy atom. The normalized spacial score (nSPS) is 12.2. The topological polar surface area (TPSA) is 128 Å². The van der Waals surface area contributed by atoms with E-state index in [0.29, 0.717) is 5.56 Å². The third-order valence-electron chi connectivity index (χ3n) is 2.67. The van der Waals surface area contributed by atoms with Crippen LogP contribution in [0.4, 0.5) is 0 Å². The first-order chi connectivity index (χ1) is 8.99. The minimum atomic E-state index is -1.20. The first-order valence-electron chi connectivity index (χ1n) is 5.34. The number of benzene rings is 1. The van der Waals surface area contributed by atoms with Gasteiger partial charge in [0.1, 0.15) is 12.4 Å². The molecule has 1 atom stereocenters. The van der Waals surface area contributed by atoms with Crippen molar-refractivity contribution in [1.29, 1.82) is 0 Å². The summed E-state index contributed by atoms with van der Waals surface area (Å²) in [6.45, 7) is 0. The second kappa shape index (κ2) is 4.84. The lowest BCUT2D eigenvalue weighted by Crippen LogP contribution is -2.29. The Balaban J connectivity index is 2.32. The number of carboxylic acids is 1. The minimum Gasteiger partial charge on any atom is -0.504 e. The van der Waals surface area contributed by atoms with Crippen molar-refractivity contribution in [2.24, 2.45) is 0 Å². The molecule has 19 heavy (non-hydrogen) atoms. The summed E-state index contributed by atoms with van der Waals surface area (Å²) in [5, 5.41) is 33.3. The van der Waals surface area contributed by atoms with Gasteiger partial charge in [0.2, 0.25) is 0 Å². The molecule has 0 radical (unpaired) electrons. The van der Waals surface area contributed by atoms with Crippen molar-refractivity contribution in [1.82, 2.24) is 14.8 Å². The summed E-state index contributed by atoms with van der Waals surface area (Å²) in [5.41, 5.74) is -0.161. The van der Waals surface area contributed by atoms with Gasteiger partial charge in [-0.1, -0.05) is 6.07 Å². The number of aromatic hydroxyl groups is 2. The monoisotopic (exact) mass is 265 g/mol. The van der Waals surface area contributed by atoms with Crippen LogP contribution in [0.2, 0.25) is 0 Å². The highest BCUT2D eigenvalue weighted by Gasteiger charge is 2.22. The van der Waals surface area contributed by atoms with Crippen LogP contribution in [0.3, 0.4) is 0 Å². The van der Waals surface area contributed by atoms with Gasteiger partial charge in [0.15, 0.2) is 11.5 Å². The molecule has 100 valence electrons. The lowest BCUT2D eigenvalue weighted by atomic mass is 10.1. The molecule has 0 saturated carbocycles. The zero-order valence-electron chi connectivity index (χ0n) is 9.65. The van der Waals surface area contributed by atoms with E-state index in [1.807, 2.05) is 0 Å². The molecule has 0 fully saturated rings. The summed E-state index contributed by atoms with van der Waals surface area (Å²) in [4.78, 5) is 22.6. The Morgan fingerprint density at radius 2 is 2.11 bits per heavy atom. The highest BCUT2D eigenvalue weighted by Crippen LogP contribution is 2.26. The number of nitrogens with zero attached hydrogens (tertiary/aromatic N) is 2. The molecular formula is C11H11N3O5. The number of aromatic nitrogens is 3. The van der Waals surface area contributed by atoms with E-state index in [1.165, 1.54) is 18.2 Å². The smallest absolute Gasteiger partial charge is 0.343 e. The van der Waals surface area contributed by atoms with Gasteiger partial charge in [-0.15, -0.1) is 0 Å². The van der Waals surface area contributed by atoms with Crippen LogP contribution in [0, 0.1) is 0 Å². The van der Waals surface area contributed by atoms with Crippen LogP contribution in [0.5, 0.6) is 11.5 Å². The minimum absolute atomic E-state index is 0.0252. The molecule has 0 saturated heterocycles. The van der Waals surface area contributed by atoms with Gasteiger partial charge in [0, 0.05) is 6.42 Å². The predicted octanol–water partition coefficient (Wildman–Crippen LogP) is -0.149. The Hall–Kier alpha value is -2.77. The second-order valence-electron chi connectivity index (χ2n) is 3.95. The molecule has 1 heterocycles. The molecule has 0 aliphatic rings. The zero-order chi connectivity index (χ0) is 14.0. The molecule has 0 spiro atoms. The number of aliphatic carboxylic acids is 1. The van der Waals surface area contributed by atoms with Crippen LogP contribution in [-0.4, -0.2) is 36.1 Å². The number of phenolic OH excluding ortho intramolecular Hbond substituents is 2. The quantitative estimate of drug-likeness (QED) is 0.569. The first-order valence-corrected chi connectivity index (χ1v) is 5.34. The average molecular weight is 265 g/mol. The standard InChI is InChI=1S/C11H11N3O5/c15-8-2-1-6(4-9(8)16)3-7(10(17)18)14-5-12-13-11(14)19/h1-2,4-5,7,15-16H,3H2,(H,13,19)(H,17,18). The van der Waals surface area contributed by atoms with E-state index in [1.54, 1.807) is 0 Å². The van der Waals surface area contributed by atoms with Crippen LogP contribution in [0.15, 0.2) is 29.3 Å². The van der Waals surface area contributed by atoms with Crippen LogP contribution < -0.4 is 5.69 Å². The molecule has 4 N–H and O–H groups in total. The number of nitrogens with one attached hydrogen (secondary N) is 1. The lowest BCUT2D eigenvalue weighted by molar-refractivity contribution is -0.141. The summed E-state index contributed by atoms with van der Waals surface area (Å²) in [6, 6.07) is 2.82. The van der Waals surface area contributed by atoms with Gasteiger partial charge in [-0.2, -0.15) is 5.10 Å². The van der Waals surface area contributed by atoms with E-state index < -0.39 is 17.7 Å². The van der Waals surface area contributed by atoms with Crippen molar-refractivity contribution >= 4 is 5.97 Å². The van der Waals surface area contributed by atoms with Gasteiger partial charge in [0.25, 0.3) is 0 Å². The average Bonchev–Trinajstić information content (AvgIpc) is 2.76. The van der Waals surface area contributed by atoms with Gasteiger partial charge >= 0.3 is 11.7 Å². The number of H-pyrrole nitrogens is 1. The third kappa shape index (κ3) is 2.57. The molecule has 0 aliphatic heterocycles. The molecule has 8 heteroatoms. The number of rotatable bonds is 4. The van der Waals surface area contributed by atoms with Gasteiger partial charge in [-0.25, -0.2) is 14.7 Å². The predicted molar refractivity (Wildman–Crippen MR) is 63.0 cm³/mol. The summed E-state index contributed by atoms with van der Waals surface area (Å²) in [6.07, 6.45) is 1.07. The maximum Gasteiger partial charge on any atom is 0.343 e. The molecule has 0 aliphatic carbocycles. The summed E-state index contributed by atoms with van der Waals surface area (Å²) < 4.78 is 0.951. The second-order valence-corrected chi connectivity index (χ2v) is 3.95. The summed E-state index contributed by atoms with van der Waals surface area (Å²) in [7, 11) is 0. The van der Waals surface area contributed by atoms with Gasteiger partial charge in [0.05, 0.1) is 0 Å². The zero-order valence-corrected chi connectivity index (χ0v) is 9.65. The largest absolute Gasteiger partial charge is 0.504 e. The molecule has 8 nitrogen and oxygen atoms in total. The Labute approximate surface area is 106 Å². The highest BCUT2D eigenvalue weighted by atomic mass is 16.4. The Bertz CT molecular complexity index is 660. The number of aromatic amines is 1. The molecule has 0 bridgehead atoms. The SMILES string of the molecule is O=C(O)C(Cc1ccc(O)c(O)c1)n1cn[nH]c1=O. The first kappa shape index (κ1) is 12.7. The number of hydrogen-bond donors (Lipinski definition) is 4. The summed E-state index contributed by atoms with van der Waals surface area (Å²) in [5.74, 6) is -1.84. The molecule has 0 amide bonds. The fraction of sp³-hybridized carbons (Fsp3) is 0.182. The molecule has 2 aromatic rings. The van der Waals surface area contributed by atoms with E-state index in [-0.39, 0.29) is 17.9 Å². The van der Waals surface area contributed by atoms with E-state index in [0.717, 1.165) is 10.9 Å². The maximum atomic E-state index is 11.4. The van der Waals surface area contributed by atoms with E-state index in [2.05, 4.69) is 10.2 Å². The fourth-order valence-electron chi connectivity index (χ4n) is 1.70. The molecular weight excluding hydrogens is 254 g/mol. The van der Waals surface area contributed by atoms with Crippen molar-refractivity contribution in [3.63, 3.8) is 0 Å². The number of phenols is 2. The van der Waals surface area contributed by atoms with Crippen molar-refractivity contribution in [3.05, 3.63) is 40.6 Å². The van der Waals surface area contributed by atoms with Crippen LogP contribution in [0.1, 0.15) is 11.6 Å². The van der Waals surface area contributed by atoms with Crippen molar-refractivity contribution in [2.45, 2.75) is 12.5 Å². The van der Waals surface area contributed by atoms with Gasteiger partial charge in [-0.3, -0.25) is 4.57 Å². The van der Waals surface area contributed by atoms with Crippen LogP contribution in [0.25, 0.3) is 0 Å². The van der Waals surface area contributed by atoms with Gasteiger partial charge in [-0.05, 0) is 17.7 Å². The van der Waals surface area contributed by atoms with E-state index in [9.17, 15) is 19.8 Å². The van der Waals surface area contributed by atoms with Crippen molar-refractivity contribution < 1.29 is 20.1 Å². The number of carbonyl (C=O) groups is 1. The lowest BCUT2D eigenvalue weighted by Gasteiger charge is -2.12. The fourth-order valence-corrected chi connectivity index (χ4v) is 1.70. The molecule has 1 aromatic heterocycles. The van der Waals surface area contributed by atoms with Gasteiger partial charge < -0.3 is 15.3 Å². The number of carboxylic acid groups (broad SMARTS) is 1. The maximum absolute atomic E-state index is 11.4. The molecule has 2 rings (SSSR count). The third-order valence-corrected chi connectivity index (χ3v) is 2.67. The van der Waals surface area contributed by atoms with E-state index in [4.69, 9.17) is 5.11 Å². The number of hydrogen-bond acceptors (Lipinski definition) is 5. The van der Waals surface area contributed by atoms with Crippen LogP contribution >= 0.6 is 0 Å². The van der Waals surface area contributed by atoms with E-state index >= 15 is 0 Å². The molecule has 1 aromatic carbocycles. The van der Waals surface area contributed by atoms with Crippen LogP contribution in [-0.2, 0) is 11.2 Å². The van der Waals surface area contributed by atoms with Crippen molar-refractivity contribution in [3.8, 4) is 11.5 Å². The highest BCUT2D eigenvalue weighted by molar-refractivity contribution is 5.72. The summed E-state index contributed by atoms with van der Waals surface area (Å²) >= 11 is 0. The Morgan fingerprint density at radius 3 is 2.63 bits per heavy atom.